The fourth-order valence-corrected chi connectivity index (χ4v) is 1.66. The number of benzene rings is 1. The van der Waals surface area contributed by atoms with Crippen LogP contribution in [0.2, 0.25) is 0 Å². The first kappa shape index (κ1) is 11.6. The first-order valence-electron chi connectivity index (χ1n) is 4.04. The van der Waals surface area contributed by atoms with E-state index in [1.54, 1.807) is 6.07 Å². The first-order chi connectivity index (χ1) is 6.97. The second-order valence-electron chi connectivity index (χ2n) is 3.00. The SMILES string of the molecule is Cc1cc(CBr)cc(C(=O)O)c1[N+](=O)[O-]. The number of carbonyl (C=O) groups is 1. The van der Waals surface area contributed by atoms with Crippen LogP contribution in [0.3, 0.4) is 0 Å². The molecule has 0 amide bonds. The molecule has 0 radical (unpaired) electrons. The van der Waals surface area contributed by atoms with Gasteiger partial charge < -0.3 is 5.11 Å². The van der Waals surface area contributed by atoms with Crippen LogP contribution in [0.4, 0.5) is 5.69 Å². The molecular formula is C9H8BrNO4. The van der Waals surface area contributed by atoms with E-state index < -0.39 is 10.9 Å². The molecule has 1 N–H and O–H groups in total. The number of rotatable bonds is 3. The number of aryl methyl sites for hydroxylation is 1. The van der Waals surface area contributed by atoms with Crippen LogP contribution in [0.25, 0.3) is 0 Å². The zero-order valence-electron chi connectivity index (χ0n) is 7.86. The van der Waals surface area contributed by atoms with E-state index in [2.05, 4.69) is 15.9 Å². The minimum absolute atomic E-state index is 0.269. The van der Waals surface area contributed by atoms with Gasteiger partial charge in [0.2, 0.25) is 0 Å². The van der Waals surface area contributed by atoms with Gasteiger partial charge in [0.1, 0.15) is 5.56 Å². The third-order valence-corrected chi connectivity index (χ3v) is 2.58. The number of aromatic carboxylic acids is 1. The Balaban J connectivity index is 3.49. The molecule has 0 aromatic heterocycles. The van der Waals surface area contributed by atoms with Gasteiger partial charge in [0.15, 0.2) is 0 Å². The second kappa shape index (κ2) is 4.39. The predicted octanol–water partition coefficient (Wildman–Crippen LogP) is 2.50. The largest absolute Gasteiger partial charge is 0.477 e. The fraction of sp³-hybridized carbons (Fsp3) is 0.222. The number of carboxylic acids is 1. The summed E-state index contributed by atoms with van der Waals surface area (Å²) in [5, 5.41) is 20.0. The molecule has 1 aromatic carbocycles. The summed E-state index contributed by atoms with van der Waals surface area (Å²) in [5.74, 6) is -1.28. The van der Waals surface area contributed by atoms with Crippen LogP contribution in [-0.4, -0.2) is 16.0 Å². The smallest absolute Gasteiger partial charge is 0.342 e. The molecule has 0 saturated heterocycles. The van der Waals surface area contributed by atoms with E-state index in [1.165, 1.54) is 13.0 Å². The maximum Gasteiger partial charge on any atom is 0.342 e. The molecule has 0 heterocycles. The van der Waals surface area contributed by atoms with Crippen molar-refractivity contribution in [1.29, 1.82) is 0 Å². The Morgan fingerprint density at radius 1 is 1.60 bits per heavy atom. The van der Waals surface area contributed by atoms with Crippen molar-refractivity contribution in [2.75, 3.05) is 0 Å². The Kier molecular flexibility index (Phi) is 3.41. The van der Waals surface area contributed by atoms with Crippen molar-refractivity contribution in [2.24, 2.45) is 0 Å². The van der Waals surface area contributed by atoms with Crippen molar-refractivity contribution < 1.29 is 14.8 Å². The maximum absolute atomic E-state index is 10.8. The maximum atomic E-state index is 10.8. The van der Waals surface area contributed by atoms with E-state index in [4.69, 9.17) is 5.11 Å². The highest BCUT2D eigenvalue weighted by atomic mass is 79.9. The third kappa shape index (κ3) is 2.33. The third-order valence-electron chi connectivity index (χ3n) is 1.93. The summed E-state index contributed by atoms with van der Waals surface area (Å²) in [6, 6.07) is 2.90. The van der Waals surface area contributed by atoms with Gasteiger partial charge in [0.05, 0.1) is 4.92 Å². The van der Waals surface area contributed by atoms with E-state index in [9.17, 15) is 14.9 Å². The number of hydrogen-bond donors (Lipinski definition) is 1. The Bertz CT molecular complexity index is 430. The van der Waals surface area contributed by atoms with Gasteiger partial charge in [-0.25, -0.2) is 4.79 Å². The molecule has 0 unspecified atom stereocenters. The van der Waals surface area contributed by atoms with Gasteiger partial charge in [0, 0.05) is 10.9 Å². The van der Waals surface area contributed by atoms with E-state index >= 15 is 0 Å². The lowest BCUT2D eigenvalue weighted by Crippen LogP contribution is -2.05. The van der Waals surface area contributed by atoms with Gasteiger partial charge in [-0.2, -0.15) is 0 Å². The Morgan fingerprint density at radius 2 is 2.20 bits per heavy atom. The standard InChI is InChI=1S/C9H8BrNO4/c1-5-2-6(4-10)3-7(9(12)13)8(5)11(14)15/h2-3H,4H2,1H3,(H,12,13). The molecule has 80 valence electrons. The van der Waals surface area contributed by atoms with Crippen LogP contribution in [0, 0.1) is 17.0 Å². The summed E-state index contributed by atoms with van der Waals surface area (Å²) in [6.07, 6.45) is 0. The molecule has 1 rings (SSSR count). The molecule has 5 nitrogen and oxygen atoms in total. The quantitative estimate of drug-likeness (QED) is 0.521. The number of nitro benzene ring substituents is 1. The van der Waals surface area contributed by atoms with Crippen molar-refractivity contribution in [2.45, 2.75) is 12.3 Å². The Labute approximate surface area is 94.0 Å². The van der Waals surface area contributed by atoms with E-state index in [0.717, 1.165) is 0 Å². The van der Waals surface area contributed by atoms with Gasteiger partial charge in [-0.15, -0.1) is 0 Å². The highest BCUT2D eigenvalue weighted by molar-refractivity contribution is 9.08. The number of alkyl halides is 1. The van der Waals surface area contributed by atoms with Crippen LogP contribution in [0.1, 0.15) is 21.5 Å². The van der Waals surface area contributed by atoms with E-state index in [0.29, 0.717) is 16.5 Å². The van der Waals surface area contributed by atoms with Crippen LogP contribution in [0.5, 0.6) is 0 Å². The summed E-state index contributed by atoms with van der Waals surface area (Å²) in [5.41, 5.74) is 0.450. The molecule has 0 bridgehead atoms. The normalized spacial score (nSPS) is 10.0. The van der Waals surface area contributed by atoms with Crippen LogP contribution in [-0.2, 0) is 5.33 Å². The molecule has 0 aliphatic heterocycles. The van der Waals surface area contributed by atoms with E-state index in [-0.39, 0.29) is 11.3 Å². The van der Waals surface area contributed by atoms with Crippen LogP contribution in [0.15, 0.2) is 12.1 Å². The van der Waals surface area contributed by atoms with Crippen LogP contribution < -0.4 is 0 Å². The molecule has 0 aliphatic rings. The zero-order chi connectivity index (χ0) is 11.6. The molecule has 0 spiro atoms. The molecule has 0 atom stereocenters. The number of nitro groups is 1. The van der Waals surface area contributed by atoms with Crippen molar-refractivity contribution >= 4 is 27.6 Å². The summed E-state index contributed by atoms with van der Waals surface area (Å²) in [6.45, 7) is 1.52. The monoisotopic (exact) mass is 273 g/mol. The van der Waals surface area contributed by atoms with Gasteiger partial charge in [-0.05, 0) is 24.6 Å². The lowest BCUT2D eigenvalue weighted by Gasteiger charge is -2.04. The predicted molar refractivity (Wildman–Crippen MR) is 57.4 cm³/mol. The Hall–Kier alpha value is -1.43. The van der Waals surface area contributed by atoms with Gasteiger partial charge in [-0.3, -0.25) is 10.1 Å². The average molecular weight is 274 g/mol. The second-order valence-corrected chi connectivity index (χ2v) is 3.57. The minimum Gasteiger partial charge on any atom is -0.477 e. The fourth-order valence-electron chi connectivity index (χ4n) is 1.34. The summed E-state index contributed by atoms with van der Waals surface area (Å²) in [7, 11) is 0. The summed E-state index contributed by atoms with van der Waals surface area (Å²) in [4.78, 5) is 20.8. The first-order valence-corrected chi connectivity index (χ1v) is 5.16. The Morgan fingerprint density at radius 3 is 2.60 bits per heavy atom. The van der Waals surface area contributed by atoms with Gasteiger partial charge in [0.25, 0.3) is 5.69 Å². The highest BCUT2D eigenvalue weighted by Gasteiger charge is 2.23. The minimum atomic E-state index is -1.28. The van der Waals surface area contributed by atoms with Gasteiger partial charge >= 0.3 is 5.97 Å². The van der Waals surface area contributed by atoms with Crippen LogP contribution >= 0.6 is 15.9 Å². The molecule has 6 heteroatoms. The molecular weight excluding hydrogens is 266 g/mol. The molecule has 15 heavy (non-hydrogen) atoms. The zero-order valence-corrected chi connectivity index (χ0v) is 9.44. The highest BCUT2D eigenvalue weighted by Crippen LogP contribution is 2.26. The molecule has 0 saturated carbocycles. The average Bonchev–Trinajstić information content (AvgIpc) is 2.15. The van der Waals surface area contributed by atoms with Gasteiger partial charge in [-0.1, -0.05) is 15.9 Å². The molecule has 0 fully saturated rings. The molecule has 0 aliphatic carbocycles. The summed E-state index contributed by atoms with van der Waals surface area (Å²) >= 11 is 3.17. The number of halogens is 1. The van der Waals surface area contributed by atoms with Crippen molar-refractivity contribution in [3.63, 3.8) is 0 Å². The number of nitrogens with zero attached hydrogens (tertiary/aromatic N) is 1. The van der Waals surface area contributed by atoms with Crippen molar-refractivity contribution in [1.82, 2.24) is 0 Å². The van der Waals surface area contributed by atoms with E-state index in [1.807, 2.05) is 0 Å². The van der Waals surface area contributed by atoms with Crippen molar-refractivity contribution in [3.8, 4) is 0 Å². The lowest BCUT2D eigenvalue weighted by molar-refractivity contribution is -0.385. The number of hydrogen-bond acceptors (Lipinski definition) is 3. The summed E-state index contributed by atoms with van der Waals surface area (Å²) < 4.78 is 0. The number of carboxylic acid groups (broad SMARTS) is 1. The molecule has 1 aromatic rings. The van der Waals surface area contributed by atoms with Crippen molar-refractivity contribution in [3.05, 3.63) is 38.9 Å². The lowest BCUT2D eigenvalue weighted by atomic mass is 10.0. The topological polar surface area (TPSA) is 80.4 Å².